The van der Waals surface area contributed by atoms with E-state index in [0.717, 1.165) is 25.9 Å². The number of amides is 1. The third-order valence-electron chi connectivity index (χ3n) is 3.30. The molecule has 0 aliphatic carbocycles. The Morgan fingerprint density at radius 3 is 2.52 bits per heavy atom. The van der Waals surface area contributed by atoms with Crippen molar-refractivity contribution in [2.24, 2.45) is 0 Å². The number of nitro groups is 1. The van der Waals surface area contributed by atoms with Gasteiger partial charge in [-0.1, -0.05) is 0 Å². The monoisotopic (exact) mass is 365 g/mol. The van der Waals surface area contributed by atoms with Crippen LogP contribution in [0.15, 0.2) is 18.3 Å². The molecule has 1 amide bonds. The molecule has 1 aliphatic heterocycles. The lowest BCUT2D eigenvalue weighted by Gasteiger charge is -2.15. The van der Waals surface area contributed by atoms with E-state index in [0.29, 0.717) is 25.5 Å². The molecule has 1 aromatic heterocycles. The fourth-order valence-electron chi connectivity index (χ4n) is 2.15. The first-order valence-corrected chi connectivity index (χ1v) is 6.99. The van der Waals surface area contributed by atoms with Crippen LogP contribution < -0.4 is 10.6 Å². The molecule has 1 aromatic rings. The van der Waals surface area contributed by atoms with E-state index >= 15 is 0 Å². The maximum absolute atomic E-state index is 11.7. The summed E-state index contributed by atoms with van der Waals surface area (Å²) in [6.45, 7) is 3.29. The highest BCUT2D eigenvalue weighted by Crippen LogP contribution is 2.11. The number of pyridine rings is 1. The molecule has 130 valence electrons. The highest BCUT2D eigenvalue weighted by Gasteiger charge is 2.16. The molecule has 0 saturated carbocycles. The van der Waals surface area contributed by atoms with E-state index < -0.39 is 4.92 Å². The second-order valence-corrected chi connectivity index (χ2v) is 4.85. The van der Waals surface area contributed by atoms with E-state index in [1.807, 2.05) is 4.90 Å². The summed E-state index contributed by atoms with van der Waals surface area (Å²) in [5, 5.41) is 16.6. The van der Waals surface area contributed by atoms with Gasteiger partial charge in [0.25, 0.3) is 5.69 Å². The van der Waals surface area contributed by atoms with Gasteiger partial charge in [0, 0.05) is 32.2 Å². The quantitative estimate of drug-likeness (QED) is 0.431. The zero-order chi connectivity index (χ0) is 15.1. The first-order chi connectivity index (χ1) is 10.2. The molecule has 1 aliphatic rings. The van der Waals surface area contributed by atoms with Gasteiger partial charge in [-0.25, -0.2) is 4.98 Å². The van der Waals surface area contributed by atoms with Crippen LogP contribution in [0.1, 0.15) is 12.8 Å². The average molecular weight is 366 g/mol. The van der Waals surface area contributed by atoms with Crippen molar-refractivity contribution < 1.29 is 9.72 Å². The number of hydrogen-bond donors (Lipinski definition) is 2. The molecule has 2 N–H and O–H groups in total. The van der Waals surface area contributed by atoms with Crippen molar-refractivity contribution in [3.05, 3.63) is 28.4 Å². The first-order valence-electron chi connectivity index (χ1n) is 6.99. The van der Waals surface area contributed by atoms with E-state index in [2.05, 4.69) is 15.6 Å². The van der Waals surface area contributed by atoms with Gasteiger partial charge in [0.05, 0.1) is 11.5 Å². The summed E-state index contributed by atoms with van der Waals surface area (Å²) < 4.78 is 0. The molecule has 23 heavy (non-hydrogen) atoms. The second kappa shape index (κ2) is 11.0. The Kier molecular flexibility index (Phi) is 10.2. The molecule has 1 fully saturated rings. The molecule has 0 radical (unpaired) electrons. The van der Waals surface area contributed by atoms with E-state index in [4.69, 9.17) is 0 Å². The van der Waals surface area contributed by atoms with Crippen LogP contribution in [-0.2, 0) is 4.79 Å². The summed E-state index contributed by atoms with van der Waals surface area (Å²) >= 11 is 0. The number of anilines is 1. The smallest absolute Gasteiger partial charge is 0.287 e. The molecule has 1 saturated heterocycles. The average Bonchev–Trinajstić information content (AvgIpc) is 3.01. The van der Waals surface area contributed by atoms with Gasteiger partial charge in [0.15, 0.2) is 0 Å². The summed E-state index contributed by atoms with van der Waals surface area (Å²) in [6.07, 6.45) is 3.41. The van der Waals surface area contributed by atoms with Gasteiger partial charge < -0.3 is 15.5 Å². The summed E-state index contributed by atoms with van der Waals surface area (Å²) in [4.78, 5) is 27.6. The third kappa shape index (κ3) is 6.98. The molecule has 2 rings (SSSR count). The lowest BCUT2D eigenvalue weighted by Crippen LogP contribution is -2.37. The minimum absolute atomic E-state index is 0. The summed E-state index contributed by atoms with van der Waals surface area (Å²) in [5.41, 5.74) is -0.0325. The molecule has 0 unspecified atom stereocenters. The number of halogens is 2. The van der Waals surface area contributed by atoms with Crippen molar-refractivity contribution in [2.75, 3.05) is 38.0 Å². The molecule has 10 heteroatoms. The number of nitrogens with zero attached hydrogens (tertiary/aromatic N) is 3. The number of likely N-dealkylation sites (tertiary alicyclic amines) is 1. The van der Waals surface area contributed by atoms with Gasteiger partial charge in [0.2, 0.25) is 5.91 Å². The molecular weight excluding hydrogens is 345 g/mol. The maximum atomic E-state index is 11.7. The Bertz CT molecular complexity index is 495. The predicted octanol–water partition coefficient (Wildman–Crippen LogP) is 1.46. The van der Waals surface area contributed by atoms with Crippen molar-refractivity contribution in [3.63, 3.8) is 0 Å². The Morgan fingerprint density at radius 1 is 1.26 bits per heavy atom. The van der Waals surface area contributed by atoms with Crippen LogP contribution in [0.25, 0.3) is 0 Å². The topological polar surface area (TPSA) is 100 Å². The van der Waals surface area contributed by atoms with Gasteiger partial charge in [0.1, 0.15) is 12.0 Å². The standard InChI is InChI=1S/C13H19N5O3.2ClH/c19-13(17-7-1-2-8-17)10-14-5-6-15-12-4-3-11(9-16-12)18(20)21;;/h3-4,9,14H,1-2,5-8,10H2,(H,15,16);2*1H. The zero-order valence-corrected chi connectivity index (χ0v) is 14.2. The summed E-state index contributed by atoms with van der Waals surface area (Å²) in [6, 6.07) is 2.97. The van der Waals surface area contributed by atoms with Crippen LogP contribution in [-0.4, -0.2) is 53.4 Å². The van der Waals surface area contributed by atoms with Gasteiger partial charge in [-0.3, -0.25) is 14.9 Å². The Balaban J connectivity index is 0.00000242. The molecule has 0 spiro atoms. The zero-order valence-electron chi connectivity index (χ0n) is 12.6. The fraction of sp³-hybridized carbons (Fsp3) is 0.538. The van der Waals surface area contributed by atoms with Gasteiger partial charge >= 0.3 is 0 Å². The lowest BCUT2D eigenvalue weighted by atomic mass is 10.4. The van der Waals surface area contributed by atoms with E-state index in [9.17, 15) is 14.9 Å². The molecular formula is C13H21Cl2N5O3. The summed E-state index contributed by atoms with van der Waals surface area (Å²) in [7, 11) is 0. The van der Waals surface area contributed by atoms with Crippen molar-refractivity contribution in [2.45, 2.75) is 12.8 Å². The number of rotatable bonds is 7. The SMILES string of the molecule is Cl.Cl.O=C(CNCCNc1ccc([N+](=O)[O-])cn1)N1CCCC1. The van der Waals surface area contributed by atoms with E-state index in [-0.39, 0.29) is 36.4 Å². The molecule has 0 atom stereocenters. The van der Waals surface area contributed by atoms with Crippen molar-refractivity contribution in [3.8, 4) is 0 Å². The van der Waals surface area contributed by atoms with Crippen LogP contribution in [0.2, 0.25) is 0 Å². The van der Waals surface area contributed by atoms with Crippen LogP contribution >= 0.6 is 24.8 Å². The molecule has 0 aromatic carbocycles. The number of carbonyl (C=O) groups excluding carboxylic acids is 1. The number of nitrogens with one attached hydrogen (secondary N) is 2. The minimum atomic E-state index is -0.484. The highest BCUT2D eigenvalue weighted by molar-refractivity contribution is 5.85. The van der Waals surface area contributed by atoms with Crippen molar-refractivity contribution in [1.29, 1.82) is 0 Å². The summed E-state index contributed by atoms with van der Waals surface area (Å²) in [5.74, 6) is 0.717. The molecule has 0 bridgehead atoms. The van der Waals surface area contributed by atoms with Crippen LogP contribution in [0.5, 0.6) is 0 Å². The van der Waals surface area contributed by atoms with Crippen molar-refractivity contribution >= 4 is 42.2 Å². The minimum Gasteiger partial charge on any atom is -0.369 e. The maximum Gasteiger partial charge on any atom is 0.287 e. The Labute approximate surface area is 147 Å². The Hall–Kier alpha value is -1.64. The van der Waals surface area contributed by atoms with Crippen LogP contribution in [0.4, 0.5) is 11.5 Å². The third-order valence-corrected chi connectivity index (χ3v) is 3.30. The van der Waals surface area contributed by atoms with Crippen LogP contribution in [0.3, 0.4) is 0 Å². The normalized spacial score (nSPS) is 13.0. The fourth-order valence-corrected chi connectivity index (χ4v) is 2.15. The lowest BCUT2D eigenvalue weighted by molar-refractivity contribution is -0.385. The Morgan fingerprint density at radius 2 is 1.96 bits per heavy atom. The highest BCUT2D eigenvalue weighted by atomic mass is 35.5. The molecule has 8 nitrogen and oxygen atoms in total. The second-order valence-electron chi connectivity index (χ2n) is 4.85. The number of aromatic nitrogens is 1. The largest absolute Gasteiger partial charge is 0.369 e. The van der Waals surface area contributed by atoms with E-state index in [1.54, 1.807) is 6.07 Å². The number of carbonyl (C=O) groups is 1. The van der Waals surface area contributed by atoms with Crippen LogP contribution in [0, 0.1) is 10.1 Å². The predicted molar refractivity (Wildman–Crippen MR) is 92.6 cm³/mol. The molecule has 2 heterocycles. The van der Waals surface area contributed by atoms with Gasteiger partial charge in [-0.15, -0.1) is 24.8 Å². The van der Waals surface area contributed by atoms with Crippen molar-refractivity contribution in [1.82, 2.24) is 15.2 Å². The van der Waals surface area contributed by atoms with Gasteiger partial charge in [-0.2, -0.15) is 0 Å². The van der Waals surface area contributed by atoms with E-state index in [1.165, 1.54) is 12.3 Å². The first kappa shape index (κ1) is 21.4. The number of hydrogen-bond acceptors (Lipinski definition) is 6. The van der Waals surface area contributed by atoms with Gasteiger partial charge in [-0.05, 0) is 18.9 Å².